The summed E-state index contributed by atoms with van der Waals surface area (Å²) < 4.78 is 32.4. The molecule has 0 aliphatic carbocycles. The number of aliphatic imine (C=N–C) groups is 1. The van der Waals surface area contributed by atoms with Gasteiger partial charge in [0, 0.05) is 29.9 Å². The molecular formula is C27H27N3O4S. The van der Waals surface area contributed by atoms with Crippen LogP contribution in [0.2, 0.25) is 0 Å². The number of carbonyl (C=O) groups excluding carboxylic acids is 1. The molecule has 0 aromatic heterocycles. The van der Waals surface area contributed by atoms with Crippen molar-refractivity contribution in [2.24, 2.45) is 4.99 Å². The highest BCUT2D eigenvalue weighted by atomic mass is 32.2. The largest absolute Gasteiger partial charge is 0.379 e. The van der Waals surface area contributed by atoms with Gasteiger partial charge in [0.05, 0.1) is 24.7 Å². The van der Waals surface area contributed by atoms with E-state index in [9.17, 15) is 13.2 Å². The van der Waals surface area contributed by atoms with Crippen LogP contribution < -0.4 is 4.90 Å². The van der Waals surface area contributed by atoms with Crippen molar-refractivity contribution in [1.29, 1.82) is 0 Å². The number of morpholine rings is 1. The zero-order chi connectivity index (χ0) is 24.6. The number of nitrogens with zero attached hydrogens (tertiary/aromatic N) is 3. The lowest BCUT2D eigenvalue weighted by Crippen LogP contribution is -2.40. The van der Waals surface area contributed by atoms with E-state index in [1.165, 1.54) is 28.6 Å². The number of anilines is 1. The van der Waals surface area contributed by atoms with Crippen LogP contribution in [0.15, 0.2) is 76.6 Å². The molecule has 3 aromatic carbocycles. The van der Waals surface area contributed by atoms with Gasteiger partial charge in [0.1, 0.15) is 5.84 Å². The van der Waals surface area contributed by atoms with Gasteiger partial charge in [0.15, 0.2) is 0 Å². The lowest BCUT2D eigenvalue weighted by atomic mass is 10.1. The van der Waals surface area contributed by atoms with Crippen molar-refractivity contribution >= 4 is 27.5 Å². The first-order chi connectivity index (χ1) is 16.8. The van der Waals surface area contributed by atoms with Gasteiger partial charge in [-0.05, 0) is 66.9 Å². The first-order valence-corrected chi connectivity index (χ1v) is 13.0. The number of carbonyl (C=O) groups is 1. The highest BCUT2D eigenvalue weighted by Gasteiger charge is 2.29. The Morgan fingerprint density at radius 3 is 2.26 bits per heavy atom. The molecule has 2 aliphatic heterocycles. The summed E-state index contributed by atoms with van der Waals surface area (Å²) in [5.41, 5.74) is 5.62. The molecule has 1 saturated heterocycles. The highest BCUT2D eigenvalue weighted by Crippen LogP contribution is 2.30. The predicted octanol–water partition coefficient (Wildman–Crippen LogP) is 3.93. The molecule has 0 radical (unpaired) electrons. The average molecular weight is 490 g/mol. The molecule has 0 spiro atoms. The molecule has 180 valence electrons. The maximum absolute atomic E-state index is 13.2. The number of rotatable bonds is 4. The van der Waals surface area contributed by atoms with Gasteiger partial charge in [-0.15, -0.1) is 0 Å². The van der Waals surface area contributed by atoms with Gasteiger partial charge >= 0.3 is 0 Å². The Balaban J connectivity index is 1.46. The zero-order valence-corrected chi connectivity index (χ0v) is 20.6. The molecule has 1 fully saturated rings. The first-order valence-electron chi connectivity index (χ1n) is 11.6. The van der Waals surface area contributed by atoms with Gasteiger partial charge in [0.25, 0.3) is 5.91 Å². The van der Waals surface area contributed by atoms with Crippen LogP contribution in [0.1, 0.15) is 32.6 Å². The third-order valence-corrected chi connectivity index (χ3v) is 8.19. The maximum Gasteiger partial charge on any atom is 0.278 e. The smallest absolute Gasteiger partial charge is 0.278 e. The molecule has 0 saturated carbocycles. The van der Waals surface area contributed by atoms with Gasteiger partial charge in [-0.1, -0.05) is 30.3 Å². The summed E-state index contributed by atoms with van der Waals surface area (Å²) in [7, 11) is -3.62. The van der Waals surface area contributed by atoms with E-state index in [1.54, 1.807) is 0 Å². The minimum absolute atomic E-state index is 0.159. The number of sulfonamides is 1. The van der Waals surface area contributed by atoms with E-state index in [2.05, 4.69) is 28.1 Å². The van der Waals surface area contributed by atoms with Gasteiger partial charge in [0.2, 0.25) is 10.0 Å². The number of amidine groups is 1. The molecule has 1 amide bonds. The normalized spacial score (nSPS) is 17.5. The molecule has 5 rings (SSSR count). The van der Waals surface area contributed by atoms with Crippen LogP contribution >= 0.6 is 0 Å². The zero-order valence-electron chi connectivity index (χ0n) is 19.8. The van der Waals surface area contributed by atoms with Gasteiger partial charge in [-0.3, -0.25) is 4.79 Å². The summed E-state index contributed by atoms with van der Waals surface area (Å²) >= 11 is 0. The van der Waals surface area contributed by atoms with Crippen molar-refractivity contribution in [2.45, 2.75) is 25.3 Å². The maximum atomic E-state index is 13.2. The van der Waals surface area contributed by atoms with Crippen molar-refractivity contribution in [1.82, 2.24) is 4.31 Å². The quantitative estimate of drug-likeness (QED) is 0.555. The van der Waals surface area contributed by atoms with E-state index in [-0.39, 0.29) is 4.90 Å². The van der Waals surface area contributed by atoms with Crippen LogP contribution in [0.3, 0.4) is 0 Å². The third-order valence-electron chi connectivity index (χ3n) is 6.28. The van der Waals surface area contributed by atoms with Crippen LogP contribution in [0, 0.1) is 13.8 Å². The van der Waals surface area contributed by atoms with Crippen molar-refractivity contribution in [3.8, 4) is 0 Å². The molecule has 2 aliphatic rings. The van der Waals surface area contributed by atoms with Crippen LogP contribution in [0.4, 0.5) is 5.69 Å². The highest BCUT2D eigenvalue weighted by molar-refractivity contribution is 7.89. The lowest BCUT2D eigenvalue weighted by molar-refractivity contribution is 0.0730. The molecule has 3 aromatic rings. The molecule has 7 nitrogen and oxygen atoms in total. The van der Waals surface area contributed by atoms with Crippen LogP contribution in [-0.4, -0.2) is 50.8 Å². The predicted molar refractivity (Wildman–Crippen MR) is 135 cm³/mol. The SMILES string of the molecule is Cc1cc(C)cc(N2Cc3ccccc3C2=NC(=O)c2ccc(S(=O)(=O)N3CCOCC3)cc2)c1. The number of ether oxygens (including phenoxy) is 1. The van der Waals surface area contributed by atoms with E-state index in [1.807, 2.05) is 38.1 Å². The monoisotopic (exact) mass is 489 g/mol. The summed E-state index contributed by atoms with van der Waals surface area (Å²) in [6.07, 6.45) is 0. The fraction of sp³-hybridized carbons (Fsp3) is 0.259. The summed E-state index contributed by atoms with van der Waals surface area (Å²) in [5.74, 6) is 0.182. The van der Waals surface area contributed by atoms with Gasteiger partial charge in [-0.2, -0.15) is 9.30 Å². The number of benzene rings is 3. The lowest BCUT2D eigenvalue weighted by Gasteiger charge is -2.26. The number of hydrogen-bond acceptors (Lipinski definition) is 4. The van der Waals surface area contributed by atoms with Crippen LogP contribution in [0.25, 0.3) is 0 Å². The molecule has 8 heteroatoms. The van der Waals surface area contributed by atoms with E-state index < -0.39 is 15.9 Å². The molecule has 2 heterocycles. The summed E-state index contributed by atoms with van der Waals surface area (Å²) in [6, 6.07) is 20.2. The minimum atomic E-state index is -3.62. The first kappa shape index (κ1) is 23.4. The number of amides is 1. The van der Waals surface area contributed by atoms with E-state index in [0.717, 1.165) is 27.9 Å². The molecule has 0 bridgehead atoms. The number of aryl methyl sites for hydroxylation is 2. The fourth-order valence-corrected chi connectivity index (χ4v) is 5.98. The van der Waals surface area contributed by atoms with Gasteiger partial charge < -0.3 is 9.64 Å². The Morgan fingerprint density at radius 1 is 0.914 bits per heavy atom. The van der Waals surface area contributed by atoms with E-state index in [4.69, 9.17) is 4.74 Å². The second-order valence-electron chi connectivity index (χ2n) is 8.87. The van der Waals surface area contributed by atoms with E-state index >= 15 is 0 Å². The van der Waals surface area contributed by atoms with Crippen LogP contribution in [0.5, 0.6) is 0 Å². The molecule has 0 unspecified atom stereocenters. The molecule has 0 N–H and O–H groups in total. The summed E-state index contributed by atoms with van der Waals surface area (Å²) in [6.45, 7) is 6.14. The topological polar surface area (TPSA) is 79.3 Å². The number of hydrogen-bond donors (Lipinski definition) is 0. The van der Waals surface area contributed by atoms with Crippen molar-refractivity contribution < 1.29 is 17.9 Å². The van der Waals surface area contributed by atoms with E-state index in [0.29, 0.717) is 44.2 Å². The molecule has 0 atom stereocenters. The Morgan fingerprint density at radius 2 is 1.57 bits per heavy atom. The number of fused-ring (bicyclic) bond motifs is 1. The Bertz CT molecular complexity index is 1390. The Labute approximate surface area is 205 Å². The third kappa shape index (κ3) is 4.65. The van der Waals surface area contributed by atoms with Gasteiger partial charge in [-0.25, -0.2) is 8.42 Å². The molecule has 35 heavy (non-hydrogen) atoms. The molecular weight excluding hydrogens is 462 g/mol. The second kappa shape index (κ2) is 9.37. The minimum Gasteiger partial charge on any atom is -0.379 e. The summed E-state index contributed by atoms with van der Waals surface area (Å²) in [5, 5.41) is 0. The van der Waals surface area contributed by atoms with Crippen LogP contribution in [-0.2, 0) is 21.3 Å². The fourth-order valence-electron chi connectivity index (χ4n) is 4.57. The Hall–Kier alpha value is -3.33. The van der Waals surface area contributed by atoms with Crippen molar-refractivity contribution in [3.63, 3.8) is 0 Å². The van der Waals surface area contributed by atoms with Crippen molar-refractivity contribution in [2.75, 3.05) is 31.2 Å². The Kier molecular flexibility index (Phi) is 6.27. The average Bonchev–Trinajstić information content (AvgIpc) is 3.22. The second-order valence-corrected chi connectivity index (χ2v) is 10.8. The standard InChI is InChI=1S/C27H27N3O4S/c1-19-15-20(2)17-23(16-19)30-18-22-5-3-4-6-25(22)26(30)28-27(31)21-7-9-24(10-8-21)35(32,33)29-11-13-34-14-12-29/h3-10,15-17H,11-14,18H2,1-2H3. The summed E-state index contributed by atoms with van der Waals surface area (Å²) in [4.78, 5) is 19.9. The van der Waals surface area contributed by atoms with Crippen molar-refractivity contribution in [3.05, 3.63) is 94.5 Å².